The predicted molar refractivity (Wildman–Crippen MR) is 75.1 cm³/mol. The molecule has 3 N–H and O–H groups in total. The summed E-state index contributed by atoms with van der Waals surface area (Å²) < 4.78 is 27.9. The van der Waals surface area contributed by atoms with Crippen molar-refractivity contribution in [3.63, 3.8) is 0 Å². The van der Waals surface area contributed by atoms with Crippen LogP contribution >= 0.6 is 0 Å². The van der Waals surface area contributed by atoms with Crippen molar-refractivity contribution < 1.29 is 18.3 Å². The van der Waals surface area contributed by atoms with E-state index in [1.165, 1.54) is 0 Å². The third-order valence-corrected chi connectivity index (χ3v) is 4.02. The molecule has 0 bridgehead atoms. The lowest BCUT2D eigenvalue weighted by Gasteiger charge is -2.15. The Labute approximate surface area is 116 Å². The molecule has 1 unspecified atom stereocenters. The van der Waals surface area contributed by atoms with Gasteiger partial charge in [-0.15, -0.1) is 0 Å². The number of carboxylic acid groups (broad SMARTS) is 1. The lowest BCUT2D eigenvalue weighted by Crippen LogP contribution is -2.37. The Kier molecular flexibility index (Phi) is 9.81. The first-order valence-corrected chi connectivity index (χ1v) is 8.35. The molecule has 0 rings (SSSR count). The summed E-state index contributed by atoms with van der Waals surface area (Å²) in [5.41, 5.74) is 0. The monoisotopic (exact) mass is 294 g/mol. The SMILES string of the molecule is CCCNS(=O)(=O)NCCC(CCC)CCC(=O)O. The molecule has 0 saturated carbocycles. The van der Waals surface area contributed by atoms with Crippen molar-refractivity contribution in [2.45, 2.75) is 52.4 Å². The zero-order valence-electron chi connectivity index (χ0n) is 11.8. The number of nitrogens with one attached hydrogen (secondary N) is 2. The van der Waals surface area contributed by atoms with Crippen molar-refractivity contribution in [2.24, 2.45) is 5.92 Å². The van der Waals surface area contributed by atoms with Crippen LogP contribution in [-0.4, -0.2) is 32.6 Å². The normalized spacial score (nSPS) is 13.4. The molecule has 6 nitrogen and oxygen atoms in total. The molecule has 0 aliphatic heterocycles. The van der Waals surface area contributed by atoms with Crippen molar-refractivity contribution in [1.29, 1.82) is 0 Å². The number of rotatable bonds is 12. The highest BCUT2D eigenvalue weighted by atomic mass is 32.2. The van der Waals surface area contributed by atoms with Crippen molar-refractivity contribution in [1.82, 2.24) is 9.44 Å². The summed E-state index contributed by atoms with van der Waals surface area (Å²) in [7, 11) is -3.40. The molecular weight excluding hydrogens is 268 g/mol. The minimum absolute atomic E-state index is 0.144. The van der Waals surface area contributed by atoms with Crippen LogP contribution in [0.2, 0.25) is 0 Å². The molecule has 0 aliphatic rings. The molecular formula is C12H26N2O4S. The maximum atomic E-state index is 11.5. The van der Waals surface area contributed by atoms with E-state index in [4.69, 9.17) is 5.11 Å². The van der Waals surface area contributed by atoms with Crippen molar-refractivity contribution in [3.05, 3.63) is 0 Å². The van der Waals surface area contributed by atoms with Crippen LogP contribution < -0.4 is 9.44 Å². The summed E-state index contributed by atoms with van der Waals surface area (Å²) in [6.07, 6.45) is 4.08. The lowest BCUT2D eigenvalue weighted by molar-refractivity contribution is -0.137. The van der Waals surface area contributed by atoms with Crippen LogP contribution in [-0.2, 0) is 15.0 Å². The first kappa shape index (κ1) is 18.3. The van der Waals surface area contributed by atoms with E-state index in [1.54, 1.807) is 0 Å². The predicted octanol–water partition coefficient (Wildman–Crippen LogP) is 1.49. The molecule has 0 spiro atoms. The molecule has 114 valence electrons. The molecule has 0 radical (unpaired) electrons. The van der Waals surface area contributed by atoms with Gasteiger partial charge in [-0.25, -0.2) is 9.44 Å². The smallest absolute Gasteiger partial charge is 0.303 e. The van der Waals surface area contributed by atoms with Gasteiger partial charge in [0.05, 0.1) is 0 Å². The second-order valence-corrected chi connectivity index (χ2v) is 6.25. The molecule has 0 heterocycles. The number of aliphatic carboxylic acids is 1. The summed E-state index contributed by atoms with van der Waals surface area (Å²) in [6, 6.07) is 0. The standard InChI is InChI=1S/C12H26N2O4S/c1-3-5-11(6-7-12(15)16)8-10-14-19(17,18)13-9-4-2/h11,13-14H,3-10H2,1-2H3,(H,15,16). The molecule has 7 heteroatoms. The summed E-state index contributed by atoms with van der Waals surface area (Å²) in [4.78, 5) is 10.5. The van der Waals surface area contributed by atoms with Crippen LogP contribution in [0.5, 0.6) is 0 Å². The topological polar surface area (TPSA) is 95.5 Å². The minimum Gasteiger partial charge on any atom is -0.481 e. The maximum absolute atomic E-state index is 11.5. The van der Waals surface area contributed by atoms with Gasteiger partial charge < -0.3 is 5.11 Å². The Morgan fingerprint density at radius 3 is 2.21 bits per heavy atom. The largest absolute Gasteiger partial charge is 0.481 e. The van der Waals surface area contributed by atoms with Crippen LogP contribution in [0.4, 0.5) is 0 Å². The highest BCUT2D eigenvalue weighted by Crippen LogP contribution is 2.17. The number of hydrogen-bond acceptors (Lipinski definition) is 3. The van der Waals surface area contributed by atoms with E-state index < -0.39 is 16.2 Å². The van der Waals surface area contributed by atoms with Gasteiger partial charge in [0, 0.05) is 19.5 Å². The summed E-state index contributed by atoms with van der Waals surface area (Å²) in [5, 5.41) is 8.66. The number of carbonyl (C=O) groups is 1. The van der Waals surface area contributed by atoms with Crippen molar-refractivity contribution in [3.8, 4) is 0 Å². The van der Waals surface area contributed by atoms with E-state index in [0.29, 0.717) is 25.9 Å². The van der Waals surface area contributed by atoms with Gasteiger partial charge in [0.15, 0.2) is 0 Å². The number of carboxylic acids is 1. The van der Waals surface area contributed by atoms with Gasteiger partial charge in [-0.2, -0.15) is 8.42 Å². The Morgan fingerprint density at radius 1 is 1.05 bits per heavy atom. The lowest BCUT2D eigenvalue weighted by atomic mass is 9.95. The van der Waals surface area contributed by atoms with Gasteiger partial charge in [0.1, 0.15) is 0 Å². The molecule has 0 aromatic carbocycles. The molecule has 0 amide bonds. The van der Waals surface area contributed by atoms with Gasteiger partial charge in [0.2, 0.25) is 0 Å². The Bertz CT molecular complexity index is 344. The molecule has 0 aliphatic carbocycles. The fourth-order valence-corrected chi connectivity index (χ4v) is 2.82. The van der Waals surface area contributed by atoms with Crippen LogP contribution in [0.25, 0.3) is 0 Å². The van der Waals surface area contributed by atoms with Crippen molar-refractivity contribution >= 4 is 16.2 Å². The van der Waals surface area contributed by atoms with E-state index in [2.05, 4.69) is 9.44 Å². The zero-order valence-corrected chi connectivity index (χ0v) is 12.6. The van der Waals surface area contributed by atoms with E-state index in [1.807, 2.05) is 13.8 Å². The molecule has 0 fully saturated rings. The Hall–Kier alpha value is -0.660. The quantitative estimate of drug-likeness (QED) is 0.508. The number of hydrogen-bond donors (Lipinski definition) is 3. The van der Waals surface area contributed by atoms with Crippen LogP contribution in [0.3, 0.4) is 0 Å². The highest BCUT2D eigenvalue weighted by molar-refractivity contribution is 7.87. The summed E-state index contributed by atoms with van der Waals surface area (Å²) in [5.74, 6) is -0.540. The first-order valence-electron chi connectivity index (χ1n) is 6.87. The minimum atomic E-state index is -3.40. The fourth-order valence-electron chi connectivity index (χ4n) is 1.85. The second kappa shape index (κ2) is 10.2. The molecule has 0 aromatic rings. The average Bonchev–Trinajstić information content (AvgIpc) is 2.33. The summed E-state index contributed by atoms with van der Waals surface area (Å²) in [6.45, 7) is 4.71. The molecule has 19 heavy (non-hydrogen) atoms. The van der Waals surface area contributed by atoms with E-state index in [9.17, 15) is 13.2 Å². The van der Waals surface area contributed by atoms with Gasteiger partial charge in [0.25, 0.3) is 10.2 Å². The maximum Gasteiger partial charge on any atom is 0.303 e. The van der Waals surface area contributed by atoms with E-state index in [0.717, 1.165) is 19.3 Å². The molecule has 0 aromatic heterocycles. The van der Waals surface area contributed by atoms with Gasteiger partial charge in [-0.05, 0) is 25.2 Å². The van der Waals surface area contributed by atoms with E-state index in [-0.39, 0.29) is 12.3 Å². The second-order valence-electron chi connectivity index (χ2n) is 4.67. The summed E-state index contributed by atoms with van der Waals surface area (Å²) >= 11 is 0. The third-order valence-electron chi connectivity index (χ3n) is 2.85. The fraction of sp³-hybridized carbons (Fsp3) is 0.917. The van der Waals surface area contributed by atoms with Crippen LogP contribution in [0, 0.1) is 5.92 Å². The van der Waals surface area contributed by atoms with Crippen molar-refractivity contribution in [2.75, 3.05) is 13.1 Å². The Morgan fingerprint density at radius 2 is 1.68 bits per heavy atom. The average molecular weight is 294 g/mol. The molecule has 1 atom stereocenters. The van der Waals surface area contributed by atoms with Gasteiger partial charge in [-0.1, -0.05) is 26.7 Å². The third kappa shape index (κ3) is 10.9. The van der Waals surface area contributed by atoms with Gasteiger partial charge >= 0.3 is 5.97 Å². The van der Waals surface area contributed by atoms with Crippen LogP contribution in [0.1, 0.15) is 52.4 Å². The molecule has 0 saturated heterocycles. The zero-order chi connectivity index (χ0) is 14.7. The van der Waals surface area contributed by atoms with Crippen LogP contribution in [0.15, 0.2) is 0 Å². The first-order chi connectivity index (χ1) is 8.91. The van der Waals surface area contributed by atoms with E-state index >= 15 is 0 Å². The highest BCUT2D eigenvalue weighted by Gasteiger charge is 2.12. The van der Waals surface area contributed by atoms with Gasteiger partial charge in [-0.3, -0.25) is 4.79 Å². The Balaban J connectivity index is 4.00.